The van der Waals surface area contributed by atoms with Crippen molar-refractivity contribution in [3.8, 4) is 5.75 Å². The summed E-state index contributed by atoms with van der Waals surface area (Å²) < 4.78 is 5.23. The van der Waals surface area contributed by atoms with Crippen LogP contribution in [0.15, 0.2) is 18.2 Å². The van der Waals surface area contributed by atoms with Crippen LogP contribution in [0.2, 0.25) is 0 Å². The molecule has 2 nitrogen and oxygen atoms in total. The molecular weight excluding hydrogens is 212 g/mol. The number of benzene rings is 1. The Balaban J connectivity index is 3.16. The van der Waals surface area contributed by atoms with Gasteiger partial charge in [0.2, 0.25) is 0 Å². The first-order chi connectivity index (χ1) is 7.10. The van der Waals surface area contributed by atoms with Crippen LogP contribution in [0.4, 0.5) is 0 Å². The molecule has 0 aliphatic rings. The molecule has 0 aromatic heterocycles. The largest absolute Gasteiger partial charge is 0.496 e. The Morgan fingerprint density at radius 2 is 2.13 bits per heavy atom. The lowest BCUT2D eigenvalue weighted by atomic mass is 9.98. The Labute approximate surface area is 95.2 Å². The van der Waals surface area contributed by atoms with Crippen molar-refractivity contribution in [2.45, 2.75) is 19.8 Å². The molecule has 0 radical (unpaired) electrons. The SMILES string of the molecule is COc1ccc(C(=O)CCl)cc1C(C)C. The third kappa shape index (κ3) is 2.72. The van der Waals surface area contributed by atoms with Crippen molar-refractivity contribution in [1.82, 2.24) is 0 Å². The molecule has 0 aliphatic heterocycles. The molecule has 82 valence electrons. The van der Waals surface area contributed by atoms with E-state index in [9.17, 15) is 4.79 Å². The highest BCUT2D eigenvalue weighted by molar-refractivity contribution is 6.30. The predicted molar refractivity (Wildman–Crippen MR) is 62.1 cm³/mol. The molecule has 1 rings (SSSR count). The lowest BCUT2D eigenvalue weighted by Crippen LogP contribution is -2.03. The van der Waals surface area contributed by atoms with E-state index in [1.54, 1.807) is 13.2 Å². The minimum absolute atomic E-state index is 0.0177. The summed E-state index contributed by atoms with van der Waals surface area (Å²) in [6, 6.07) is 5.42. The number of carbonyl (C=O) groups excluding carboxylic acids is 1. The summed E-state index contributed by atoms with van der Waals surface area (Å²) in [5.74, 6) is 1.10. The fourth-order valence-corrected chi connectivity index (χ4v) is 1.59. The second-order valence-corrected chi connectivity index (χ2v) is 3.94. The van der Waals surface area contributed by atoms with Gasteiger partial charge in [0.05, 0.1) is 13.0 Å². The number of hydrogen-bond acceptors (Lipinski definition) is 2. The van der Waals surface area contributed by atoms with Crippen LogP contribution in [0.5, 0.6) is 5.75 Å². The second kappa shape index (κ2) is 5.17. The van der Waals surface area contributed by atoms with Gasteiger partial charge in [0, 0.05) is 5.56 Å². The molecule has 0 saturated heterocycles. The Morgan fingerprint density at radius 3 is 2.60 bits per heavy atom. The summed E-state index contributed by atoms with van der Waals surface area (Å²) in [6.07, 6.45) is 0. The van der Waals surface area contributed by atoms with Crippen LogP contribution >= 0.6 is 11.6 Å². The highest BCUT2D eigenvalue weighted by Crippen LogP contribution is 2.27. The van der Waals surface area contributed by atoms with Gasteiger partial charge in [-0.15, -0.1) is 11.6 Å². The molecule has 0 N–H and O–H groups in total. The van der Waals surface area contributed by atoms with Crippen molar-refractivity contribution in [3.63, 3.8) is 0 Å². The molecular formula is C12H15ClO2. The van der Waals surface area contributed by atoms with Crippen molar-refractivity contribution < 1.29 is 9.53 Å². The molecule has 0 amide bonds. The third-order valence-corrected chi connectivity index (χ3v) is 2.54. The highest BCUT2D eigenvalue weighted by atomic mass is 35.5. The minimum atomic E-state index is -0.0544. The molecule has 0 bridgehead atoms. The Morgan fingerprint density at radius 1 is 1.47 bits per heavy atom. The van der Waals surface area contributed by atoms with Gasteiger partial charge in [0.1, 0.15) is 5.75 Å². The monoisotopic (exact) mass is 226 g/mol. The second-order valence-electron chi connectivity index (χ2n) is 3.67. The first-order valence-corrected chi connectivity index (χ1v) is 5.40. The van der Waals surface area contributed by atoms with Crippen LogP contribution < -0.4 is 4.74 Å². The van der Waals surface area contributed by atoms with Gasteiger partial charge in [-0.1, -0.05) is 13.8 Å². The van der Waals surface area contributed by atoms with Gasteiger partial charge < -0.3 is 4.74 Å². The maximum atomic E-state index is 11.4. The molecule has 1 aromatic carbocycles. The summed E-state index contributed by atoms with van der Waals surface area (Å²) in [6.45, 7) is 4.12. The maximum Gasteiger partial charge on any atom is 0.177 e. The minimum Gasteiger partial charge on any atom is -0.496 e. The van der Waals surface area contributed by atoms with Gasteiger partial charge in [-0.25, -0.2) is 0 Å². The van der Waals surface area contributed by atoms with E-state index in [-0.39, 0.29) is 11.7 Å². The zero-order valence-electron chi connectivity index (χ0n) is 9.21. The molecule has 0 aliphatic carbocycles. The summed E-state index contributed by atoms with van der Waals surface area (Å²) in [5.41, 5.74) is 1.68. The first-order valence-electron chi connectivity index (χ1n) is 4.87. The lowest BCUT2D eigenvalue weighted by molar-refractivity contribution is 0.102. The van der Waals surface area contributed by atoms with Crippen LogP contribution in [-0.4, -0.2) is 18.8 Å². The molecule has 0 unspecified atom stereocenters. The maximum absolute atomic E-state index is 11.4. The van der Waals surface area contributed by atoms with E-state index in [2.05, 4.69) is 13.8 Å². The van der Waals surface area contributed by atoms with Crippen molar-refractivity contribution in [1.29, 1.82) is 0 Å². The Kier molecular flexibility index (Phi) is 4.15. The number of methoxy groups -OCH3 is 1. The molecule has 15 heavy (non-hydrogen) atoms. The van der Waals surface area contributed by atoms with Crippen LogP contribution in [0, 0.1) is 0 Å². The van der Waals surface area contributed by atoms with Gasteiger partial charge in [0.15, 0.2) is 5.78 Å². The summed E-state index contributed by atoms with van der Waals surface area (Å²) in [7, 11) is 1.63. The smallest absolute Gasteiger partial charge is 0.177 e. The van der Waals surface area contributed by atoms with E-state index in [4.69, 9.17) is 16.3 Å². The summed E-state index contributed by atoms with van der Waals surface area (Å²) >= 11 is 5.51. The molecule has 0 saturated carbocycles. The quantitative estimate of drug-likeness (QED) is 0.582. The molecule has 0 spiro atoms. The van der Waals surface area contributed by atoms with Crippen molar-refractivity contribution in [2.24, 2.45) is 0 Å². The highest BCUT2D eigenvalue weighted by Gasteiger charge is 2.11. The summed E-state index contributed by atoms with van der Waals surface area (Å²) in [5, 5.41) is 0. The fraction of sp³-hybridized carbons (Fsp3) is 0.417. The van der Waals surface area contributed by atoms with Gasteiger partial charge in [-0.05, 0) is 29.7 Å². The van der Waals surface area contributed by atoms with Crippen LogP contribution in [0.3, 0.4) is 0 Å². The fourth-order valence-electron chi connectivity index (χ4n) is 1.44. The van der Waals surface area contributed by atoms with E-state index in [1.807, 2.05) is 12.1 Å². The normalized spacial score (nSPS) is 10.5. The predicted octanol–water partition coefficient (Wildman–Crippen LogP) is 3.24. The van der Waals surface area contributed by atoms with Gasteiger partial charge in [0.25, 0.3) is 0 Å². The number of rotatable bonds is 4. The average molecular weight is 227 g/mol. The van der Waals surface area contributed by atoms with Gasteiger partial charge >= 0.3 is 0 Å². The summed E-state index contributed by atoms with van der Waals surface area (Å²) in [4.78, 5) is 11.4. The van der Waals surface area contributed by atoms with Crippen molar-refractivity contribution >= 4 is 17.4 Å². The molecule has 1 aromatic rings. The van der Waals surface area contributed by atoms with E-state index >= 15 is 0 Å². The van der Waals surface area contributed by atoms with E-state index in [1.165, 1.54) is 0 Å². The first kappa shape index (κ1) is 12.1. The number of carbonyl (C=O) groups is 1. The number of Topliss-reactive ketones (excluding diaryl/α,β-unsaturated/α-hetero) is 1. The average Bonchev–Trinajstić information content (AvgIpc) is 2.27. The molecule has 0 atom stereocenters. The molecule has 0 heterocycles. The molecule has 3 heteroatoms. The van der Waals surface area contributed by atoms with Crippen LogP contribution in [0.1, 0.15) is 35.7 Å². The number of alkyl halides is 1. The Bertz CT molecular complexity index is 359. The number of hydrogen-bond donors (Lipinski definition) is 0. The van der Waals surface area contributed by atoms with Crippen LogP contribution in [0.25, 0.3) is 0 Å². The van der Waals surface area contributed by atoms with Gasteiger partial charge in [-0.3, -0.25) is 4.79 Å². The Hall–Kier alpha value is -1.02. The van der Waals surface area contributed by atoms with Crippen molar-refractivity contribution in [3.05, 3.63) is 29.3 Å². The van der Waals surface area contributed by atoms with E-state index < -0.39 is 0 Å². The standard InChI is InChI=1S/C12H15ClO2/c1-8(2)10-6-9(11(14)7-13)4-5-12(10)15-3/h4-6,8H,7H2,1-3H3. The van der Waals surface area contributed by atoms with Crippen molar-refractivity contribution in [2.75, 3.05) is 13.0 Å². The number of ketones is 1. The zero-order valence-corrected chi connectivity index (χ0v) is 9.97. The number of ether oxygens (including phenoxy) is 1. The van der Waals surface area contributed by atoms with E-state index in [0.717, 1.165) is 11.3 Å². The molecule has 0 fully saturated rings. The zero-order chi connectivity index (χ0) is 11.4. The number of halogens is 1. The van der Waals surface area contributed by atoms with E-state index in [0.29, 0.717) is 11.5 Å². The topological polar surface area (TPSA) is 26.3 Å². The lowest BCUT2D eigenvalue weighted by Gasteiger charge is -2.12. The van der Waals surface area contributed by atoms with Crippen LogP contribution in [-0.2, 0) is 0 Å². The third-order valence-electron chi connectivity index (χ3n) is 2.30. The van der Waals surface area contributed by atoms with Gasteiger partial charge in [-0.2, -0.15) is 0 Å².